The van der Waals surface area contributed by atoms with Crippen LogP contribution >= 0.6 is 0 Å². The van der Waals surface area contributed by atoms with E-state index in [-0.39, 0.29) is 0 Å². The first-order valence-corrected chi connectivity index (χ1v) is 5.97. The molecular formula is C14H16N4. The fourth-order valence-corrected chi connectivity index (χ4v) is 1.72. The van der Waals surface area contributed by atoms with Gasteiger partial charge in [0.1, 0.15) is 6.07 Å². The summed E-state index contributed by atoms with van der Waals surface area (Å²) in [6.07, 6.45) is 3.54. The fourth-order valence-electron chi connectivity index (χ4n) is 1.72. The minimum atomic E-state index is 0.432. The third kappa shape index (κ3) is 2.76. The molecule has 1 N–H and O–H groups in total. The molecule has 0 aliphatic carbocycles. The normalized spacial score (nSPS) is 10.6. The summed E-state index contributed by atoms with van der Waals surface area (Å²) in [5.74, 6) is 0. The Morgan fingerprint density at radius 1 is 1.44 bits per heavy atom. The van der Waals surface area contributed by atoms with E-state index in [9.17, 15) is 5.26 Å². The molecule has 0 atom stereocenters. The number of nitriles is 1. The highest BCUT2D eigenvalue weighted by Crippen LogP contribution is 2.15. The van der Waals surface area contributed by atoms with Crippen molar-refractivity contribution in [2.45, 2.75) is 26.4 Å². The van der Waals surface area contributed by atoms with E-state index in [1.165, 1.54) is 0 Å². The van der Waals surface area contributed by atoms with Crippen molar-refractivity contribution in [3.63, 3.8) is 0 Å². The van der Waals surface area contributed by atoms with Crippen molar-refractivity contribution < 1.29 is 0 Å². The van der Waals surface area contributed by atoms with Gasteiger partial charge < -0.3 is 5.32 Å². The van der Waals surface area contributed by atoms with Crippen LogP contribution in [0.4, 0.5) is 0 Å². The monoisotopic (exact) mass is 240 g/mol. The Balaban J connectivity index is 2.27. The van der Waals surface area contributed by atoms with E-state index in [4.69, 9.17) is 0 Å². The number of nitrogens with zero attached hydrogens (tertiary/aromatic N) is 3. The summed E-state index contributed by atoms with van der Waals surface area (Å²) in [5.41, 5.74) is 2.56. The quantitative estimate of drug-likeness (QED) is 0.891. The van der Waals surface area contributed by atoms with Crippen molar-refractivity contribution in [1.82, 2.24) is 15.1 Å². The Hall–Kier alpha value is -2.12. The Bertz CT molecular complexity index is 550. The van der Waals surface area contributed by atoms with Gasteiger partial charge in [-0.3, -0.25) is 0 Å². The fraction of sp³-hybridized carbons (Fsp3) is 0.286. The van der Waals surface area contributed by atoms with Gasteiger partial charge in [-0.2, -0.15) is 10.4 Å². The van der Waals surface area contributed by atoms with Gasteiger partial charge in [0.2, 0.25) is 0 Å². The van der Waals surface area contributed by atoms with Gasteiger partial charge in [0.15, 0.2) is 0 Å². The second kappa shape index (κ2) is 5.48. The summed E-state index contributed by atoms with van der Waals surface area (Å²) in [6, 6.07) is 10.4. The maximum absolute atomic E-state index is 9.21. The van der Waals surface area contributed by atoms with Gasteiger partial charge >= 0.3 is 0 Å². The van der Waals surface area contributed by atoms with Gasteiger partial charge in [0, 0.05) is 25.0 Å². The summed E-state index contributed by atoms with van der Waals surface area (Å²) >= 11 is 0. The molecule has 0 bridgehead atoms. The summed E-state index contributed by atoms with van der Waals surface area (Å²) in [4.78, 5) is 0. The zero-order valence-electron chi connectivity index (χ0n) is 10.6. The molecule has 0 aliphatic heterocycles. The molecule has 4 heteroatoms. The predicted molar refractivity (Wildman–Crippen MR) is 70.3 cm³/mol. The molecule has 0 spiro atoms. The van der Waals surface area contributed by atoms with Gasteiger partial charge in [-0.25, -0.2) is 4.68 Å². The first-order chi connectivity index (χ1) is 8.70. The molecule has 1 heterocycles. The molecule has 2 rings (SSSR count). The van der Waals surface area contributed by atoms with Gasteiger partial charge in [-0.15, -0.1) is 0 Å². The molecular weight excluding hydrogens is 224 g/mol. The molecule has 0 saturated heterocycles. The van der Waals surface area contributed by atoms with E-state index in [0.29, 0.717) is 11.6 Å². The maximum Gasteiger partial charge on any atom is 0.101 e. The molecule has 18 heavy (non-hydrogen) atoms. The van der Waals surface area contributed by atoms with E-state index in [0.717, 1.165) is 17.8 Å². The van der Waals surface area contributed by atoms with Crippen molar-refractivity contribution in [3.8, 4) is 11.8 Å². The zero-order chi connectivity index (χ0) is 13.0. The first-order valence-electron chi connectivity index (χ1n) is 5.97. The van der Waals surface area contributed by atoms with Gasteiger partial charge in [0.05, 0.1) is 11.3 Å². The topological polar surface area (TPSA) is 53.6 Å². The van der Waals surface area contributed by atoms with Crippen LogP contribution in [0.2, 0.25) is 0 Å². The van der Waals surface area contributed by atoms with E-state index in [1.54, 1.807) is 10.9 Å². The minimum Gasteiger partial charge on any atom is -0.310 e. The van der Waals surface area contributed by atoms with E-state index < -0.39 is 0 Å². The lowest BCUT2D eigenvalue weighted by Gasteiger charge is -2.10. The lowest BCUT2D eigenvalue weighted by atomic mass is 10.1. The van der Waals surface area contributed by atoms with Crippen molar-refractivity contribution in [1.29, 1.82) is 5.26 Å². The number of nitrogens with one attached hydrogen (secondary N) is 1. The average Bonchev–Trinajstić information content (AvgIpc) is 2.89. The molecule has 0 radical (unpaired) electrons. The van der Waals surface area contributed by atoms with Gasteiger partial charge in [0.25, 0.3) is 0 Å². The third-order valence-electron chi connectivity index (χ3n) is 2.65. The molecule has 0 saturated carbocycles. The van der Waals surface area contributed by atoms with Crippen LogP contribution in [0, 0.1) is 11.3 Å². The Kier molecular flexibility index (Phi) is 3.75. The summed E-state index contributed by atoms with van der Waals surface area (Å²) in [7, 11) is 0. The molecule has 1 aromatic carbocycles. The minimum absolute atomic E-state index is 0.432. The summed E-state index contributed by atoms with van der Waals surface area (Å²) in [5, 5.41) is 16.7. The van der Waals surface area contributed by atoms with Crippen molar-refractivity contribution in [2.24, 2.45) is 0 Å². The molecule has 2 aromatic rings. The van der Waals surface area contributed by atoms with Crippen molar-refractivity contribution >= 4 is 0 Å². The van der Waals surface area contributed by atoms with Crippen LogP contribution in [0.1, 0.15) is 25.0 Å². The van der Waals surface area contributed by atoms with Crippen molar-refractivity contribution in [3.05, 3.63) is 47.8 Å². The lowest BCUT2D eigenvalue weighted by Crippen LogP contribution is -2.21. The van der Waals surface area contributed by atoms with Crippen molar-refractivity contribution in [2.75, 3.05) is 0 Å². The highest BCUT2D eigenvalue weighted by Gasteiger charge is 2.06. The molecule has 0 amide bonds. The Labute approximate surface area is 107 Å². The van der Waals surface area contributed by atoms with E-state index in [2.05, 4.69) is 30.3 Å². The highest BCUT2D eigenvalue weighted by molar-refractivity contribution is 5.50. The van der Waals surface area contributed by atoms with E-state index >= 15 is 0 Å². The molecule has 4 nitrogen and oxygen atoms in total. The predicted octanol–water partition coefficient (Wildman–Crippen LogP) is 2.24. The average molecular weight is 240 g/mol. The van der Waals surface area contributed by atoms with Crippen LogP contribution in [0.5, 0.6) is 0 Å². The lowest BCUT2D eigenvalue weighted by molar-refractivity contribution is 0.588. The maximum atomic E-state index is 9.21. The van der Waals surface area contributed by atoms with Crippen LogP contribution in [0.15, 0.2) is 36.7 Å². The van der Waals surface area contributed by atoms with Gasteiger partial charge in [-0.05, 0) is 23.8 Å². The molecule has 0 unspecified atom stereocenters. The van der Waals surface area contributed by atoms with Crippen LogP contribution in [0.3, 0.4) is 0 Å². The first kappa shape index (κ1) is 12.3. The SMILES string of the molecule is CC(C)NCc1ccc(-n2cccn2)c(C#N)c1. The smallest absolute Gasteiger partial charge is 0.101 e. The van der Waals surface area contributed by atoms with Crippen LogP contribution in [-0.4, -0.2) is 15.8 Å². The number of aromatic nitrogens is 2. The van der Waals surface area contributed by atoms with Gasteiger partial charge in [-0.1, -0.05) is 19.9 Å². The van der Waals surface area contributed by atoms with Crippen LogP contribution < -0.4 is 5.32 Å². The largest absolute Gasteiger partial charge is 0.310 e. The number of benzene rings is 1. The Morgan fingerprint density at radius 3 is 2.89 bits per heavy atom. The third-order valence-corrected chi connectivity index (χ3v) is 2.65. The molecule has 92 valence electrons. The zero-order valence-corrected chi connectivity index (χ0v) is 10.6. The number of rotatable bonds is 4. The second-order valence-electron chi connectivity index (χ2n) is 4.45. The summed E-state index contributed by atoms with van der Waals surface area (Å²) < 4.78 is 1.71. The molecule has 0 aliphatic rings. The number of hydrogen-bond acceptors (Lipinski definition) is 3. The van der Waals surface area contributed by atoms with E-state index in [1.807, 2.05) is 30.5 Å². The summed E-state index contributed by atoms with van der Waals surface area (Å²) in [6.45, 7) is 4.97. The molecule has 0 fully saturated rings. The second-order valence-corrected chi connectivity index (χ2v) is 4.45. The Morgan fingerprint density at radius 2 is 2.28 bits per heavy atom. The number of hydrogen-bond donors (Lipinski definition) is 1. The highest BCUT2D eigenvalue weighted by atomic mass is 15.3. The standard InChI is InChI=1S/C14H16N4/c1-11(2)16-10-12-4-5-14(13(8-12)9-15)18-7-3-6-17-18/h3-8,11,16H,10H2,1-2H3. The van der Waals surface area contributed by atoms with Crippen LogP contribution in [0.25, 0.3) is 5.69 Å². The van der Waals surface area contributed by atoms with Crippen LogP contribution in [-0.2, 0) is 6.54 Å². The molecule has 1 aromatic heterocycles.